The van der Waals surface area contributed by atoms with Crippen LogP contribution in [0.3, 0.4) is 0 Å². The van der Waals surface area contributed by atoms with Crippen LogP contribution >= 0.6 is 15.9 Å². The third-order valence-corrected chi connectivity index (χ3v) is 4.10. The van der Waals surface area contributed by atoms with Gasteiger partial charge in [0.1, 0.15) is 10.4 Å². The Hall–Kier alpha value is -0.610. The summed E-state index contributed by atoms with van der Waals surface area (Å²) in [6.07, 6.45) is 2.78. The van der Waals surface area contributed by atoms with Crippen molar-refractivity contribution in [3.8, 4) is 0 Å². The van der Waals surface area contributed by atoms with E-state index in [4.69, 9.17) is 5.11 Å². The standard InChI is InChI=1S/C11H13BrN2O/c12-10-8(5-15)1-2-9(13-10)14-6-11(7-14)3-4-11/h1-2,15H,3-7H2. The number of pyridine rings is 1. The van der Waals surface area contributed by atoms with Gasteiger partial charge in [-0.15, -0.1) is 0 Å². The van der Waals surface area contributed by atoms with Crippen LogP contribution in [0.15, 0.2) is 16.7 Å². The van der Waals surface area contributed by atoms with Crippen molar-refractivity contribution in [2.24, 2.45) is 5.41 Å². The number of hydrogen-bond donors (Lipinski definition) is 1. The van der Waals surface area contributed by atoms with Gasteiger partial charge >= 0.3 is 0 Å². The molecule has 0 bridgehead atoms. The average molecular weight is 269 g/mol. The van der Waals surface area contributed by atoms with Gasteiger partial charge in [0.25, 0.3) is 0 Å². The van der Waals surface area contributed by atoms with Crippen LogP contribution in [0, 0.1) is 5.41 Å². The molecule has 3 nitrogen and oxygen atoms in total. The molecule has 1 aromatic rings. The van der Waals surface area contributed by atoms with Gasteiger partial charge in [0.2, 0.25) is 0 Å². The van der Waals surface area contributed by atoms with E-state index in [9.17, 15) is 0 Å². The fourth-order valence-electron chi connectivity index (χ4n) is 2.17. The number of halogens is 1. The number of aliphatic hydroxyl groups is 1. The summed E-state index contributed by atoms with van der Waals surface area (Å²) in [5, 5.41) is 9.03. The Morgan fingerprint density at radius 3 is 2.67 bits per heavy atom. The van der Waals surface area contributed by atoms with Crippen molar-refractivity contribution in [1.29, 1.82) is 0 Å². The van der Waals surface area contributed by atoms with Crippen LogP contribution in [0.5, 0.6) is 0 Å². The summed E-state index contributed by atoms with van der Waals surface area (Å²) in [4.78, 5) is 6.75. The molecule has 15 heavy (non-hydrogen) atoms. The normalized spacial score (nSPS) is 21.6. The van der Waals surface area contributed by atoms with Crippen molar-refractivity contribution in [3.63, 3.8) is 0 Å². The van der Waals surface area contributed by atoms with Crippen LogP contribution < -0.4 is 4.90 Å². The van der Waals surface area contributed by atoms with E-state index < -0.39 is 0 Å². The van der Waals surface area contributed by atoms with Crippen molar-refractivity contribution in [2.45, 2.75) is 19.4 Å². The molecule has 3 rings (SSSR count). The van der Waals surface area contributed by atoms with Gasteiger partial charge in [-0.25, -0.2) is 4.98 Å². The minimum absolute atomic E-state index is 0.0395. The van der Waals surface area contributed by atoms with Gasteiger partial charge in [0.05, 0.1) is 6.61 Å². The quantitative estimate of drug-likeness (QED) is 0.833. The van der Waals surface area contributed by atoms with E-state index >= 15 is 0 Å². The van der Waals surface area contributed by atoms with E-state index in [0.717, 1.165) is 29.1 Å². The van der Waals surface area contributed by atoms with Crippen LogP contribution in [-0.2, 0) is 6.61 Å². The number of aromatic nitrogens is 1. The summed E-state index contributed by atoms with van der Waals surface area (Å²) in [5.74, 6) is 1.02. The largest absolute Gasteiger partial charge is 0.392 e. The molecule has 1 N–H and O–H groups in total. The predicted molar refractivity (Wildman–Crippen MR) is 61.7 cm³/mol. The highest BCUT2D eigenvalue weighted by Gasteiger charge is 2.52. The van der Waals surface area contributed by atoms with Crippen LogP contribution in [-0.4, -0.2) is 23.2 Å². The van der Waals surface area contributed by atoms with E-state index in [1.54, 1.807) is 0 Å². The molecule has 1 saturated heterocycles. The zero-order valence-electron chi connectivity index (χ0n) is 8.41. The van der Waals surface area contributed by atoms with Crippen molar-refractivity contribution in [3.05, 3.63) is 22.3 Å². The Balaban J connectivity index is 1.78. The number of nitrogens with zero attached hydrogens (tertiary/aromatic N) is 2. The minimum atomic E-state index is 0.0395. The van der Waals surface area contributed by atoms with Gasteiger partial charge in [-0.3, -0.25) is 0 Å². The summed E-state index contributed by atoms with van der Waals surface area (Å²) in [6, 6.07) is 3.93. The topological polar surface area (TPSA) is 36.4 Å². The third kappa shape index (κ3) is 1.56. The van der Waals surface area contributed by atoms with Gasteiger partial charge in [-0.05, 0) is 34.8 Å². The zero-order valence-corrected chi connectivity index (χ0v) is 10.00. The van der Waals surface area contributed by atoms with E-state index in [2.05, 4.69) is 25.8 Å². The molecule has 0 amide bonds. The zero-order chi connectivity index (χ0) is 10.5. The van der Waals surface area contributed by atoms with Crippen LogP contribution in [0.4, 0.5) is 5.82 Å². The maximum atomic E-state index is 9.03. The fourth-order valence-corrected chi connectivity index (χ4v) is 2.61. The Morgan fingerprint density at radius 2 is 2.13 bits per heavy atom. The lowest BCUT2D eigenvalue weighted by Gasteiger charge is -2.41. The Kier molecular flexibility index (Phi) is 2.04. The Morgan fingerprint density at radius 1 is 1.40 bits per heavy atom. The molecule has 1 aromatic heterocycles. The van der Waals surface area contributed by atoms with E-state index in [1.165, 1.54) is 12.8 Å². The van der Waals surface area contributed by atoms with Crippen molar-refractivity contribution < 1.29 is 5.11 Å². The number of aliphatic hydroxyl groups excluding tert-OH is 1. The molecule has 80 valence electrons. The highest BCUT2D eigenvalue weighted by molar-refractivity contribution is 9.10. The summed E-state index contributed by atoms with van der Waals surface area (Å²) in [6.45, 7) is 2.35. The SMILES string of the molecule is OCc1ccc(N2CC3(CC3)C2)nc1Br. The lowest BCUT2D eigenvalue weighted by Crippen LogP contribution is -2.48. The first-order valence-electron chi connectivity index (χ1n) is 5.24. The van der Waals surface area contributed by atoms with Crippen LogP contribution in [0.25, 0.3) is 0 Å². The van der Waals surface area contributed by atoms with E-state index in [0.29, 0.717) is 5.41 Å². The molecule has 0 aromatic carbocycles. The molecular formula is C11H13BrN2O. The van der Waals surface area contributed by atoms with Gasteiger partial charge in [0.15, 0.2) is 0 Å². The van der Waals surface area contributed by atoms with E-state index in [1.807, 2.05) is 12.1 Å². The molecule has 0 atom stereocenters. The Labute approximate surface area is 97.3 Å². The van der Waals surface area contributed by atoms with Crippen LogP contribution in [0.1, 0.15) is 18.4 Å². The lowest BCUT2D eigenvalue weighted by molar-refractivity contribution is 0.280. The van der Waals surface area contributed by atoms with Gasteiger partial charge in [-0.1, -0.05) is 6.07 Å². The number of hydrogen-bond acceptors (Lipinski definition) is 3. The molecule has 0 unspecified atom stereocenters. The molecule has 1 spiro atoms. The monoisotopic (exact) mass is 268 g/mol. The Bertz CT molecular complexity index is 396. The smallest absolute Gasteiger partial charge is 0.129 e. The molecule has 2 fully saturated rings. The molecule has 2 heterocycles. The first kappa shape index (κ1) is 9.60. The molecule has 1 aliphatic heterocycles. The molecular weight excluding hydrogens is 256 g/mol. The first-order chi connectivity index (χ1) is 7.22. The highest BCUT2D eigenvalue weighted by Crippen LogP contribution is 2.53. The van der Waals surface area contributed by atoms with Crippen molar-refractivity contribution in [1.82, 2.24) is 4.98 Å². The van der Waals surface area contributed by atoms with Crippen molar-refractivity contribution in [2.75, 3.05) is 18.0 Å². The maximum Gasteiger partial charge on any atom is 0.129 e. The third-order valence-electron chi connectivity index (χ3n) is 3.42. The summed E-state index contributed by atoms with van der Waals surface area (Å²) in [7, 11) is 0. The van der Waals surface area contributed by atoms with Gasteiger partial charge in [0, 0.05) is 24.1 Å². The second-order valence-corrected chi connectivity index (χ2v) is 5.38. The molecule has 1 saturated carbocycles. The molecule has 1 aliphatic carbocycles. The maximum absolute atomic E-state index is 9.03. The minimum Gasteiger partial charge on any atom is -0.392 e. The fraction of sp³-hybridized carbons (Fsp3) is 0.545. The number of anilines is 1. The second-order valence-electron chi connectivity index (χ2n) is 4.63. The van der Waals surface area contributed by atoms with Crippen LogP contribution in [0.2, 0.25) is 0 Å². The number of rotatable bonds is 2. The summed E-state index contributed by atoms with van der Waals surface area (Å²) >= 11 is 3.38. The first-order valence-corrected chi connectivity index (χ1v) is 6.03. The molecule has 4 heteroatoms. The molecule has 0 radical (unpaired) electrons. The predicted octanol–water partition coefficient (Wildman–Crippen LogP) is 1.94. The highest BCUT2D eigenvalue weighted by atomic mass is 79.9. The lowest BCUT2D eigenvalue weighted by atomic mass is 9.97. The summed E-state index contributed by atoms with van der Waals surface area (Å²) < 4.78 is 0.763. The summed E-state index contributed by atoms with van der Waals surface area (Å²) in [5.41, 5.74) is 1.50. The van der Waals surface area contributed by atoms with Gasteiger partial charge < -0.3 is 10.0 Å². The van der Waals surface area contributed by atoms with E-state index in [-0.39, 0.29) is 6.61 Å². The molecule has 2 aliphatic rings. The second kappa shape index (κ2) is 3.19. The van der Waals surface area contributed by atoms with Gasteiger partial charge in [-0.2, -0.15) is 0 Å². The van der Waals surface area contributed by atoms with Crippen molar-refractivity contribution >= 4 is 21.7 Å². The average Bonchev–Trinajstić information content (AvgIpc) is 2.95.